The van der Waals surface area contributed by atoms with Gasteiger partial charge in [-0.2, -0.15) is 4.31 Å². The van der Waals surface area contributed by atoms with E-state index in [9.17, 15) is 18.0 Å². The summed E-state index contributed by atoms with van der Waals surface area (Å²) in [5.74, 6) is -0.0169. The van der Waals surface area contributed by atoms with Gasteiger partial charge in [0.1, 0.15) is 5.75 Å². The second-order valence-corrected chi connectivity index (χ2v) is 9.56. The third-order valence-electron chi connectivity index (χ3n) is 4.82. The minimum atomic E-state index is -3.75. The van der Waals surface area contributed by atoms with Crippen molar-refractivity contribution in [2.24, 2.45) is 0 Å². The number of nitrogens with zero attached hydrogens (tertiary/aromatic N) is 2. The van der Waals surface area contributed by atoms with Crippen LogP contribution in [-0.2, 0) is 14.8 Å². The van der Waals surface area contributed by atoms with E-state index in [1.165, 1.54) is 22.5 Å². The molecule has 2 amide bonds. The Morgan fingerprint density at radius 3 is 2.55 bits per heavy atom. The number of rotatable bonds is 3. The lowest BCUT2D eigenvalue weighted by atomic mass is 10.2. The number of carbonyl (C=O) groups excluding carboxylic acids is 2. The SMILES string of the molecule is O=C1COc2ccc(S(=O)(=O)N3CCN(C(=O)c4cccc(Br)c4)CC3)cc2N1. The molecule has 8 nitrogen and oxygen atoms in total. The third kappa shape index (κ3) is 4.00. The van der Waals surface area contributed by atoms with E-state index in [-0.39, 0.29) is 36.4 Å². The van der Waals surface area contributed by atoms with Crippen LogP contribution in [0.4, 0.5) is 5.69 Å². The van der Waals surface area contributed by atoms with Crippen LogP contribution in [0.3, 0.4) is 0 Å². The number of nitrogens with one attached hydrogen (secondary N) is 1. The largest absolute Gasteiger partial charge is 0.482 e. The lowest BCUT2D eigenvalue weighted by Gasteiger charge is -2.34. The van der Waals surface area contributed by atoms with Crippen molar-refractivity contribution in [2.45, 2.75) is 4.90 Å². The summed E-state index contributed by atoms with van der Waals surface area (Å²) in [5, 5.41) is 2.62. The lowest BCUT2D eigenvalue weighted by Crippen LogP contribution is -2.50. The maximum atomic E-state index is 13.0. The fourth-order valence-electron chi connectivity index (χ4n) is 3.31. The Labute approximate surface area is 176 Å². The summed E-state index contributed by atoms with van der Waals surface area (Å²) >= 11 is 3.35. The average molecular weight is 480 g/mol. The molecule has 0 unspecified atom stereocenters. The van der Waals surface area contributed by atoms with Crippen LogP contribution in [-0.4, -0.2) is 62.2 Å². The first-order valence-corrected chi connectivity index (χ1v) is 11.2. The van der Waals surface area contributed by atoms with E-state index in [0.717, 1.165) is 4.47 Å². The molecule has 0 aliphatic carbocycles. The molecule has 0 radical (unpaired) electrons. The van der Waals surface area contributed by atoms with Crippen LogP contribution in [0.1, 0.15) is 10.4 Å². The summed E-state index contributed by atoms with van der Waals surface area (Å²) in [5.41, 5.74) is 0.895. The normalized spacial score (nSPS) is 17.3. The van der Waals surface area contributed by atoms with Crippen molar-refractivity contribution in [3.63, 3.8) is 0 Å². The topological polar surface area (TPSA) is 96.0 Å². The molecular weight excluding hydrogens is 462 g/mol. The minimum Gasteiger partial charge on any atom is -0.482 e. The van der Waals surface area contributed by atoms with Crippen molar-refractivity contribution < 1.29 is 22.7 Å². The standard InChI is InChI=1S/C19H18BrN3O5S/c20-14-3-1-2-13(10-14)19(25)22-6-8-23(9-7-22)29(26,27)15-4-5-17-16(11-15)21-18(24)12-28-17/h1-5,10-11H,6-9,12H2,(H,21,24). The van der Waals surface area contributed by atoms with Crippen LogP contribution in [0.2, 0.25) is 0 Å². The van der Waals surface area contributed by atoms with Gasteiger partial charge in [0, 0.05) is 36.2 Å². The zero-order chi connectivity index (χ0) is 20.6. The first-order valence-electron chi connectivity index (χ1n) is 8.96. The van der Waals surface area contributed by atoms with E-state index in [1.54, 1.807) is 23.1 Å². The molecule has 4 rings (SSSR count). The number of amides is 2. The number of hydrogen-bond donors (Lipinski definition) is 1. The molecule has 2 aliphatic heterocycles. The lowest BCUT2D eigenvalue weighted by molar-refractivity contribution is -0.118. The number of piperazine rings is 1. The van der Waals surface area contributed by atoms with E-state index < -0.39 is 10.0 Å². The van der Waals surface area contributed by atoms with Gasteiger partial charge < -0.3 is 15.0 Å². The average Bonchev–Trinajstić information content (AvgIpc) is 2.72. The maximum Gasteiger partial charge on any atom is 0.262 e. The first kappa shape index (κ1) is 19.9. The Balaban J connectivity index is 1.47. The molecule has 1 fully saturated rings. The molecule has 0 saturated carbocycles. The molecule has 2 aliphatic rings. The molecule has 0 atom stereocenters. The molecule has 0 aromatic heterocycles. The van der Waals surface area contributed by atoms with E-state index in [4.69, 9.17) is 4.74 Å². The number of ether oxygens (including phenoxy) is 1. The predicted molar refractivity (Wildman–Crippen MR) is 109 cm³/mol. The molecular formula is C19H18BrN3O5S. The monoisotopic (exact) mass is 479 g/mol. The fourth-order valence-corrected chi connectivity index (χ4v) is 5.16. The highest BCUT2D eigenvalue weighted by atomic mass is 79.9. The molecule has 0 bridgehead atoms. The zero-order valence-corrected chi connectivity index (χ0v) is 17.7. The van der Waals surface area contributed by atoms with Gasteiger partial charge in [0.15, 0.2) is 6.61 Å². The van der Waals surface area contributed by atoms with Crippen LogP contribution in [0.15, 0.2) is 51.8 Å². The van der Waals surface area contributed by atoms with E-state index in [0.29, 0.717) is 30.1 Å². The molecule has 0 spiro atoms. The number of fused-ring (bicyclic) bond motifs is 1. The van der Waals surface area contributed by atoms with Crippen molar-refractivity contribution >= 4 is 43.5 Å². The highest BCUT2D eigenvalue weighted by Gasteiger charge is 2.31. The second kappa shape index (κ2) is 7.77. The van der Waals surface area contributed by atoms with E-state index in [2.05, 4.69) is 21.2 Å². The summed E-state index contributed by atoms with van der Waals surface area (Å²) in [7, 11) is -3.75. The number of hydrogen-bond acceptors (Lipinski definition) is 5. The van der Waals surface area contributed by atoms with Gasteiger partial charge in [0.25, 0.3) is 11.8 Å². The van der Waals surface area contributed by atoms with Crippen LogP contribution < -0.4 is 10.1 Å². The molecule has 1 saturated heterocycles. The van der Waals surface area contributed by atoms with Gasteiger partial charge >= 0.3 is 0 Å². The van der Waals surface area contributed by atoms with Gasteiger partial charge in [-0.3, -0.25) is 9.59 Å². The molecule has 1 N–H and O–H groups in total. The van der Waals surface area contributed by atoms with E-state index in [1.807, 2.05) is 6.07 Å². The quantitative estimate of drug-likeness (QED) is 0.725. The van der Waals surface area contributed by atoms with Crippen LogP contribution in [0, 0.1) is 0 Å². The second-order valence-electron chi connectivity index (χ2n) is 6.70. The predicted octanol–water partition coefficient (Wildman–Crippen LogP) is 1.93. The number of carbonyl (C=O) groups is 2. The van der Waals surface area contributed by atoms with Gasteiger partial charge in [0.2, 0.25) is 10.0 Å². The smallest absolute Gasteiger partial charge is 0.262 e. The fraction of sp³-hybridized carbons (Fsp3) is 0.263. The minimum absolute atomic E-state index is 0.0776. The number of benzene rings is 2. The first-order chi connectivity index (χ1) is 13.8. The highest BCUT2D eigenvalue weighted by Crippen LogP contribution is 2.31. The Bertz CT molecular complexity index is 1080. The van der Waals surface area contributed by atoms with Crippen LogP contribution in [0.25, 0.3) is 0 Å². The number of halogens is 1. The van der Waals surface area contributed by atoms with Crippen molar-refractivity contribution in [3.05, 3.63) is 52.5 Å². The summed E-state index contributed by atoms with van der Waals surface area (Å²) in [6.45, 7) is 0.905. The number of sulfonamides is 1. The maximum absolute atomic E-state index is 13.0. The summed E-state index contributed by atoms with van der Waals surface area (Å²) in [6.07, 6.45) is 0. The third-order valence-corrected chi connectivity index (χ3v) is 7.21. The molecule has 2 heterocycles. The van der Waals surface area contributed by atoms with Crippen LogP contribution >= 0.6 is 15.9 Å². The van der Waals surface area contributed by atoms with Gasteiger partial charge in [-0.15, -0.1) is 0 Å². The van der Waals surface area contributed by atoms with Gasteiger partial charge in [-0.25, -0.2) is 8.42 Å². The zero-order valence-electron chi connectivity index (χ0n) is 15.3. The molecule has 2 aromatic rings. The Hall–Kier alpha value is -2.43. The molecule has 152 valence electrons. The summed E-state index contributed by atoms with van der Waals surface area (Å²) in [6, 6.07) is 11.5. The van der Waals surface area contributed by atoms with Crippen molar-refractivity contribution in [1.82, 2.24) is 9.21 Å². The van der Waals surface area contributed by atoms with Gasteiger partial charge in [-0.1, -0.05) is 22.0 Å². The highest BCUT2D eigenvalue weighted by molar-refractivity contribution is 9.10. The van der Waals surface area contributed by atoms with Gasteiger partial charge in [-0.05, 0) is 36.4 Å². The van der Waals surface area contributed by atoms with Crippen molar-refractivity contribution in [3.8, 4) is 5.75 Å². The summed E-state index contributed by atoms with van der Waals surface area (Å²) < 4.78 is 33.5. The Kier molecular flexibility index (Phi) is 5.32. The van der Waals surface area contributed by atoms with Crippen molar-refractivity contribution in [1.29, 1.82) is 0 Å². The molecule has 2 aromatic carbocycles. The summed E-state index contributed by atoms with van der Waals surface area (Å²) in [4.78, 5) is 25.9. The molecule has 29 heavy (non-hydrogen) atoms. The van der Waals surface area contributed by atoms with Crippen LogP contribution in [0.5, 0.6) is 5.75 Å². The Morgan fingerprint density at radius 1 is 1.07 bits per heavy atom. The number of anilines is 1. The van der Waals surface area contributed by atoms with Gasteiger partial charge in [0.05, 0.1) is 10.6 Å². The van der Waals surface area contributed by atoms with E-state index >= 15 is 0 Å². The Morgan fingerprint density at radius 2 is 1.83 bits per heavy atom. The molecule has 10 heteroatoms. The van der Waals surface area contributed by atoms with Crippen molar-refractivity contribution in [2.75, 3.05) is 38.1 Å².